The Bertz CT molecular complexity index is 1090. The van der Waals surface area contributed by atoms with Crippen LogP contribution in [0.5, 0.6) is 0 Å². The number of benzene rings is 1. The number of hydrogen-bond acceptors (Lipinski definition) is 5. The van der Waals surface area contributed by atoms with Gasteiger partial charge in [0.1, 0.15) is 23.3 Å². The highest BCUT2D eigenvalue weighted by Crippen LogP contribution is 2.43. The van der Waals surface area contributed by atoms with E-state index < -0.39 is 36.1 Å². The molecule has 3 atom stereocenters. The van der Waals surface area contributed by atoms with Gasteiger partial charge in [-0.05, 0) is 82.0 Å². The van der Waals surface area contributed by atoms with E-state index in [4.69, 9.17) is 15.5 Å². The summed E-state index contributed by atoms with van der Waals surface area (Å²) in [4.78, 5) is 5.06. The number of nitrogens with one attached hydrogen (secondary N) is 1. The molecular weight excluding hydrogens is 522 g/mol. The highest BCUT2D eigenvalue weighted by atomic mass is 32.2. The lowest BCUT2D eigenvalue weighted by Crippen LogP contribution is -2.45. The summed E-state index contributed by atoms with van der Waals surface area (Å²) in [7, 11) is -1.26. The van der Waals surface area contributed by atoms with Crippen LogP contribution in [0.15, 0.2) is 18.2 Å². The van der Waals surface area contributed by atoms with Gasteiger partial charge >= 0.3 is 0 Å². The van der Waals surface area contributed by atoms with Crippen LogP contribution in [-0.4, -0.2) is 39.5 Å². The van der Waals surface area contributed by atoms with Gasteiger partial charge in [0.2, 0.25) is 5.92 Å². The molecule has 38 heavy (non-hydrogen) atoms. The first-order chi connectivity index (χ1) is 17.6. The molecule has 0 aliphatic heterocycles. The van der Waals surface area contributed by atoms with Crippen molar-refractivity contribution in [1.29, 1.82) is 0 Å². The topological polar surface area (TPSA) is 88.2 Å². The van der Waals surface area contributed by atoms with Gasteiger partial charge in [-0.3, -0.25) is 0 Å². The number of aromatic nitrogens is 2. The van der Waals surface area contributed by atoms with Crippen LogP contribution in [-0.2, 0) is 22.8 Å². The highest BCUT2D eigenvalue weighted by molar-refractivity contribution is 7.90. The summed E-state index contributed by atoms with van der Waals surface area (Å²) in [6.07, 6.45) is 2.69. The Balaban J connectivity index is 1.71. The van der Waals surface area contributed by atoms with E-state index in [9.17, 15) is 13.3 Å². The number of alkyl halides is 2. The molecule has 2 fully saturated rings. The fourth-order valence-corrected chi connectivity index (χ4v) is 6.69. The van der Waals surface area contributed by atoms with Crippen molar-refractivity contribution in [2.24, 2.45) is 17.6 Å². The van der Waals surface area contributed by atoms with Crippen molar-refractivity contribution in [2.45, 2.75) is 114 Å². The zero-order valence-electron chi connectivity index (χ0n) is 23.9. The quantitative estimate of drug-likeness (QED) is 0.179. The number of fused-ring (bicyclic) bond motifs is 1. The molecule has 0 saturated heterocycles. The number of imidazole rings is 1. The normalized spacial score (nSPS) is 21.5. The fourth-order valence-electron chi connectivity index (χ4n) is 5.06. The Kier molecular flexibility index (Phi) is 9.01. The van der Waals surface area contributed by atoms with Gasteiger partial charge in [0.25, 0.3) is 0 Å². The van der Waals surface area contributed by atoms with Crippen LogP contribution in [0.4, 0.5) is 8.78 Å². The van der Waals surface area contributed by atoms with Crippen LogP contribution in [0.2, 0.25) is 25.7 Å². The maximum Gasteiger partial charge on any atom is 0.248 e. The van der Waals surface area contributed by atoms with Crippen molar-refractivity contribution in [2.75, 3.05) is 6.61 Å². The third-order valence-electron chi connectivity index (χ3n) is 7.83. The number of rotatable bonds is 11. The summed E-state index contributed by atoms with van der Waals surface area (Å²) in [6.45, 7) is 13.7. The second kappa shape index (κ2) is 11.4. The highest BCUT2D eigenvalue weighted by Gasteiger charge is 2.42. The number of nitrogens with zero attached hydrogens (tertiary/aromatic N) is 2. The molecule has 0 radical (unpaired) electrons. The Morgan fingerprint density at radius 1 is 1.18 bits per heavy atom. The number of halogens is 2. The molecule has 214 valence electrons. The van der Waals surface area contributed by atoms with E-state index in [1.807, 2.05) is 20.8 Å². The van der Waals surface area contributed by atoms with Gasteiger partial charge < -0.3 is 19.6 Å². The lowest BCUT2D eigenvalue weighted by atomic mass is 9.82. The molecule has 2 aliphatic carbocycles. The second-order valence-electron chi connectivity index (χ2n) is 13.5. The van der Waals surface area contributed by atoms with E-state index in [-0.39, 0.29) is 24.8 Å². The first-order valence-corrected chi connectivity index (χ1v) is 18.9. The predicted molar refractivity (Wildman–Crippen MR) is 154 cm³/mol. The maximum atomic E-state index is 14.1. The smallest absolute Gasteiger partial charge is 0.248 e. The van der Waals surface area contributed by atoms with Crippen molar-refractivity contribution in [3.63, 3.8) is 0 Å². The molecule has 0 amide bonds. The molecule has 0 bridgehead atoms. The molecule has 1 aromatic heterocycles. The Hall–Kier alpha value is -1.04. The van der Waals surface area contributed by atoms with Crippen molar-refractivity contribution < 1.29 is 18.1 Å². The average Bonchev–Trinajstić information content (AvgIpc) is 3.60. The van der Waals surface area contributed by atoms with Crippen LogP contribution in [0, 0.1) is 11.8 Å². The molecule has 1 heterocycles. The van der Waals surface area contributed by atoms with E-state index in [1.54, 1.807) is 0 Å². The Morgan fingerprint density at radius 2 is 1.84 bits per heavy atom. The molecule has 0 spiro atoms. The van der Waals surface area contributed by atoms with E-state index in [1.165, 1.54) is 0 Å². The third kappa shape index (κ3) is 7.57. The van der Waals surface area contributed by atoms with Crippen LogP contribution in [0.25, 0.3) is 11.0 Å². The van der Waals surface area contributed by atoms with Crippen molar-refractivity contribution in [3.05, 3.63) is 29.6 Å². The van der Waals surface area contributed by atoms with Gasteiger partial charge in [-0.25, -0.2) is 13.8 Å². The molecule has 2 aromatic rings. The van der Waals surface area contributed by atoms with Gasteiger partial charge in [-0.1, -0.05) is 25.7 Å². The van der Waals surface area contributed by atoms with E-state index in [2.05, 4.69) is 47.1 Å². The van der Waals surface area contributed by atoms with E-state index >= 15 is 0 Å². The fraction of sp³-hybridized carbons (Fsp3) is 0.750. The minimum absolute atomic E-state index is 0.0103. The molecule has 2 unspecified atom stereocenters. The largest absolute Gasteiger partial charge is 0.598 e. The van der Waals surface area contributed by atoms with Crippen molar-refractivity contribution in [1.82, 2.24) is 14.3 Å². The molecule has 4 rings (SSSR count). The molecule has 1 aromatic carbocycles. The number of hydrogen-bond donors (Lipinski definition) is 2. The Morgan fingerprint density at radius 3 is 2.42 bits per heavy atom. The van der Waals surface area contributed by atoms with Crippen LogP contribution < -0.4 is 10.5 Å². The molecule has 6 nitrogen and oxygen atoms in total. The Labute approximate surface area is 230 Å². The van der Waals surface area contributed by atoms with Gasteiger partial charge in [-0.15, -0.1) is 4.72 Å². The van der Waals surface area contributed by atoms with Gasteiger partial charge in [0.15, 0.2) is 0 Å². The molecule has 3 N–H and O–H groups in total. The molecule has 10 heteroatoms. The minimum Gasteiger partial charge on any atom is -0.598 e. The van der Waals surface area contributed by atoms with Gasteiger partial charge in [0.05, 0.1) is 11.0 Å². The predicted octanol–water partition coefficient (Wildman–Crippen LogP) is 6.68. The first kappa shape index (κ1) is 29.9. The SMILES string of the molecule is CC(C)(C)[S@@+]([O-])NC(c1nc2cc(C(N)C3CC3)ccc2n1COCC[Si](C)(C)C)C1CCC(F)(F)CC1. The van der Waals surface area contributed by atoms with Crippen LogP contribution >= 0.6 is 0 Å². The molecular formula is C28H46F2N4O2SSi. The molecule has 2 saturated carbocycles. The average molecular weight is 569 g/mol. The second-order valence-corrected chi connectivity index (χ2v) is 21.1. The van der Waals surface area contributed by atoms with E-state index in [0.29, 0.717) is 37.9 Å². The monoisotopic (exact) mass is 568 g/mol. The lowest BCUT2D eigenvalue weighted by Gasteiger charge is -2.35. The van der Waals surface area contributed by atoms with Gasteiger partial charge in [0, 0.05) is 44.9 Å². The zero-order valence-corrected chi connectivity index (χ0v) is 25.7. The molecule has 2 aliphatic rings. The summed E-state index contributed by atoms with van der Waals surface area (Å²) < 4.78 is 52.6. The van der Waals surface area contributed by atoms with E-state index in [0.717, 1.165) is 35.5 Å². The summed E-state index contributed by atoms with van der Waals surface area (Å²) in [5, 5.41) is 0. The zero-order chi connectivity index (χ0) is 27.9. The minimum atomic E-state index is -2.64. The van der Waals surface area contributed by atoms with Crippen LogP contribution in [0.3, 0.4) is 0 Å². The number of ether oxygens (including phenoxy) is 1. The standard InChI is InChI=1S/C28H46F2N4O2SSi/c1-27(2,3)37(35)33-25(20-11-13-28(29,30)14-12-20)26-32-22-17-21(24(31)19-7-8-19)9-10-23(22)34(26)18-36-15-16-38(4,5)6/h9-10,17,19-20,24-25,33H,7-8,11-16,18,31H2,1-6H3/t24?,25?,37-/m1/s1. The summed E-state index contributed by atoms with van der Waals surface area (Å²) in [5.74, 6) is -1.52. The maximum absolute atomic E-state index is 14.1. The van der Waals surface area contributed by atoms with Crippen molar-refractivity contribution >= 4 is 30.5 Å². The first-order valence-electron chi connectivity index (χ1n) is 14.0. The summed E-state index contributed by atoms with van der Waals surface area (Å²) in [5.41, 5.74) is 9.32. The van der Waals surface area contributed by atoms with Crippen molar-refractivity contribution in [3.8, 4) is 0 Å². The van der Waals surface area contributed by atoms with Gasteiger partial charge in [-0.2, -0.15) is 0 Å². The van der Waals surface area contributed by atoms with Crippen LogP contribution in [0.1, 0.15) is 82.8 Å². The summed E-state index contributed by atoms with van der Waals surface area (Å²) in [6, 6.07) is 6.80. The summed E-state index contributed by atoms with van der Waals surface area (Å²) >= 11 is -1.39. The lowest BCUT2D eigenvalue weighted by molar-refractivity contribution is -0.0495. The number of nitrogens with two attached hydrogens (primary N) is 1. The third-order valence-corrected chi connectivity index (χ3v) is 11.1.